The molecule has 122 valence electrons. The molecule has 0 radical (unpaired) electrons. The molecule has 0 bridgehead atoms. The Labute approximate surface area is 131 Å². The Kier molecular flexibility index (Phi) is 5.55. The van der Waals surface area contributed by atoms with Crippen LogP contribution in [-0.4, -0.2) is 20.4 Å². The van der Waals surface area contributed by atoms with E-state index in [0.29, 0.717) is 12.0 Å². The van der Waals surface area contributed by atoms with Gasteiger partial charge in [-0.1, -0.05) is 25.0 Å². The quantitative estimate of drug-likeness (QED) is 0.744. The van der Waals surface area contributed by atoms with Gasteiger partial charge in [0.15, 0.2) is 0 Å². The van der Waals surface area contributed by atoms with Gasteiger partial charge in [0.25, 0.3) is 0 Å². The van der Waals surface area contributed by atoms with E-state index in [1.54, 1.807) is 12.1 Å². The summed E-state index contributed by atoms with van der Waals surface area (Å²) >= 11 is 0. The predicted molar refractivity (Wildman–Crippen MR) is 84.2 cm³/mol. The fraction of sp³-hybridized carbons (Fsp3) is 0.533. The number of nitrogens with one attached hydrogen (secondary N) is 1. The van der Waals surface area contributed by atoms with Crippen molar-refractivity contribution in [3.63, 3.8) is 0 Å². The molecule has 6 nitrogen and oxygen atoms in total. The summed E-state index contributed by atoms with van der Waals surface area (Å²) in [6.07, 6.45) is 4.67. The number of carbonyl (C=O) groups is 1. The molecular weight excluding hydrogens is 302 g/mol. The second-order valence-electron chi connectivity index (χ2n) is 5.88. The van der Waals surface area contributed by atoms with Crippen LogP contribution in [0.1, 0.15) is 37.7 Å². The van der Waals surface area contributed by atoms with E-state index in [1.807, 2.05) is 0 Å². The van der Waals surface area contributed by atoms with Gasteiger partial charge in [-0.2, -0.15) is 0 Å². The molecule has 7 heteroatoms. The molecule has 1 saturated carbocycles. The van der Waals surface area contributed by atoms with Crippen LogP contribution in [0, 0.1) is 5.92 Å². The highest BCUT2D eigenvalue weighted by atomic mass is 32.2. The summed E-state index contributed by atoms with van der Waals surface area (Å²) in [5.41, 5.74) is 6.74. The van der Waals surface area contributed by atoms with Crippen molar-refractivity contribution in [3.05, 3.63) is 29.8 Å². The third-order valence-electron chi connectivity index (χ3n) is 4.13. The molecule has 0 spiro atoms. The highest BCUT2D eigenvalue weighted by molar-refractivity contribution is 7.89. The third kappa shape index (κ3) is 4.79. The lowest BCUT2D eigenvalue weighted by Gasteiger charge is -2.27. The van der Waals surface area contributed by atoms with Crippen LogP contribution in [0.4, 0.5) is 0 Å². The van der Waals surface area contributed by atoms with Crippen LogP contribution < -0.4 is 16.2 Å². The molecule has 0 heterocycles. The number of nitrogens with two attached hydrogens (primary N) is 2. The van der Waals surface area contributed by atoms with E-state index < -0.39 is 10.0 Å². The summed E-state index contributed by atoms with van der Waals surface area (Å²) in [4.78, 5) is 12.1. The minimum atomic E-state index is -3.72. The number of hydrogen-bond acceptors (Lipinski definition) is 4. The number of sulfonamides is 1. The van der Waals surface area contributed by atoms with Crippen molar-refractivity contribution in [2.45, 2.75) is 49.6 Å². The smallest absolute Gasteiger partial charge is 0.238 e. The molecule has 1 aromatic carbocycles. The molecular formula is C15H23N3O3S. The first-order valence-electron chi connectivity index (χ1n) is 7.50. The molecule has 1 aliphatic rings. The van der Waals surface area contributed by atoms with E-state index >= 15 is 0 Å². The van der Waals surface area contributed by atoms with Gasteiger partial charge in [-0.3, -0.25) is 4.79 Å². The van der Waals surface area contributed by atoms with Gasteiger partial charge >= 0.3 is 0 Å². The monoisotopic (exact) mass is 325 g/mol. The fourth-order valence-electron chi connectivity index (χ4n) is 2.83. The van der Waals surface area contributed by atoms with Crippen molar-refractivity contribution in [1.29, 1.82) is 0 Å². The standard InChI is InChI=1S/C15H23N3O3S/c16-14-7-2-1-5-12(14)9-15(19)18-10-11-4-3-6-13(8-11)22(17,20)21/h3-4,6,8,12,14H,1-2,5,7,9-10,16H2,(H,18,19)(H2,17,20,21). The molecule has 2 rings (SSSR count). The Bertz CT molecular complexity index is 631. The van der Waals surface area contributed by atoms with Gasteiger partial charge in [0.05, 0.1) is 4.90 Å². The van der Waals surface area contributed by atoms with Gasteiger partial charge in [-0.15, -0.1) is 0 Å². The minimum Gasteiger partial charge on any atom is -0.352 e. The van der Waals surface area contributed by atoms with Crippen molar-refractivity contribution < 1.29 is 13.2 Å². The van der Waals surface area contributed by atoms with Gasteiger partial charge in [-0.05, 0) is 36.5 Å². The molecule has 2 atom stereocenters. The summed E-state index contributed by atoms with van der Waals surface area (Å²) in [5, 5.41) is 7.91. The SMILES string of the molecule is NC1CCCCC1CC(=O)NCc1cccc(S(N)(=O)=O)c1. The van der Waals surface area contributed by atoms with E-state index in [9.17, 15) is 13.2 Å². The van der Waals surface area contributed by atoms with Crippen molar-refractivity contribution >= 4 is 15.9 Å². The van der Waals surface area contributed by atoms with Crippen LogP contribution in [0.3, 0.4) is 0 Å². The molecule has 0 saturated heterocycles. The topological polar surface area (TPSA) is 115 Å². The lowest BCUT2D eigenvalue weighted by Crippen LogP contribution is -2.37. The molecule has 0 aromatic heterocycles. The molecule has 1 aliphatic carbocycles. The van der Waals surface area contributed by atoms with Crippen molar-refractivity contribution in [1.82, 2.24) is 5.32 Å². The highest BCUT2D eigenvalue weighted by Crippen LogP contribution is 2.25. The Hall–Kier alpha value is -1.44. The zero-order valence-corrected chi connectivity index (χ0v) is 13.3. The lowest BCUT2D eigenvalue weighted by atomic mass is 9.83. The number of amides is 1. The first kappa shape index (κ1) is 16.9. The Morgan fingerprint density at radius 3 is 2.68 bits per heavy atom. The average Bonchev–Trinajstić information content (AvgIpc) is 2.47. The van der Waals surface area contributed by atoms with Crippen LogP contribution in [0.5, 0.6) is 0 Å². The van der Waals surface area contributed by atoms with Gasteiger partial charge in [0.2, 0.25) is 15.9 Å². The second-order valence-corrected chi connectivity index (χ2v) is 7.44. The maximum Gasteiger partial charge on any atom is 0.238 e. The molecule has 22 heavy (non-hydrogen) atoms. The Morgan fingerprint density at radius 2 is 2.00 bits per heavy atom. The van der Waals surface area contributed by atoms with Gasteiger partial charge < -0.3 is 11.1 Å². The Morgan fingerprint density at radius 1 is 1.27 bits per heavy atom. The largest absolute Gasteiger partial charge is 0.352 e. The number of carbonyl (C=O) groups excluding carboxylic acids is 1. The number of hydrogen-bond donors (Lipinski definition) is 3. The molecule has 1 amide bonds. The first-order valence-corrected chi connectivity index (χ1v) is 9.05. The summed E-state index contributed by atoms with van der Waals surface area (Å²) in [5.74, 6) is 0.188. The number of benzene rings is 1. The molecule has 1 aromatic rings. The van der Waals surface area contributed by atoms with E-state index in [0.717, 1.165) is 25.7 Å². The summed E-state index contributed by atoms with van der Waals surface area (Å²) in [6, 6.07) is 6.37. The summed E-state index contributed by atoms with van der Waals surface area (Å²) in [6.45, 7) is 0.282. The lowest BCUT2D eigenvalue weighted by molar-refractivity contribution is -0.122. The summed E-state index contributed by atoms with van der Waals surface area (Å²) in [7, 11) is -3.72. The third-order valence-corrected chi connectivity index (χ3v) is 5.04. The van der Waals surface area contributed by atoms with Crippen LogP contribution in [0.15, 0.2) is 29.2 Å². The van der Waals surface area contributed by atoms with E-state index in [2.05, 4.69) is 5.32 Å². The molecule has 1 fully saturated rings. The van der Waals surface area contributed by atoms with Crippen molar-refractivity contribution in [2.75, 3.05) is 0 Å². The van der Waals surface area contributed by atoms with Gasteiger partial charge in [0.1, 0.15) is 0 Å². The highest BCUT2D eigenvalue weighted by Gasteiger charge is 2.23. The maximum atomic E-state index is 12.0. The van der Waals surface area contributed by atoms with Crippen LogP contribution in [0.25, 0.3) is 0 Å². The fourth-order valence-corrected chi connectivity index (χ4v) is 3.42. The average molecular weight is 325 g/mol. The second kappa shape index (κ2) is 7.21. The maximum absolute atomic E-state index is 12.0. The van der Waals surface area contributed by atoms with Crippen LogP contribution in [0.2, 0.25) is 0 Å². The van der Waals surface area contributed by atoms with Crippen molar-refractivity contribution in [3.8, 4) is 0 Å². The van der Waals surface area contributed by atoms with Gasteiger partial charge in [0, 0.05) is 19.0 Å². The number of rotatable bonds is 5. The zero-order chi connectivity index (χ0) is 16.2. The molecule has 2 unspecified atom stereocenters. The van der Waals surface area contributed by atoms with Crippen molar-refractivity contribution in [2.24, 2.45) is 16.8 Å². The van der Waals surface area contributed by atoms with E-state index in [4.69, 9.17) is 10.9 Å². The Balaban J connectivity index is 1.88. The van der Waals surface area contributed by atoms with Crippen LogP contribution >= 0.6 is 0 Å². The normalized spacial score (nSPS) is 22.3. The van der Waals surface area contributed by atoms with Gasteiger partial charge in [-0.25, -0.2) is 13.6 Å². The minimum absolute atomic E-state index is 0.0496. The van der Waals surface area contributed by atoms with E-state index in [1.165, 1.54) is 12.1 Å². The van der Waals surface area contributed by atoms with Crippen LogP contribution in [-0.2, 0) is 21.4 Å². The van der Waals surface area contributed by atoms with E-state index in [-0.39, 0.29) is 29.3 Å². The number of primary sulfonamides is 1. The zero-order valence-electron chi connectivity index (χ0n) is 12.5. The summed E-state index contributed by atoms with van der Waals surface area (Å²) < 4.78 is 22.6. The molecule has 0 aliphatic heterocycles. The first-order chi connectivity index (χ1) is 10.4. The molecule has 5 N–H and O–H groups in total. The predicted octanol–water partition coefficient (Wildman–Crippen LogP) is 0.858.